The van der Waals surface area contributed by atoms with E-state index in [0.29, 0.717) is 5.76 Å². The molecule has 0 spiro atoms. The molecular weight excluding hydrogens is 294 g/mol. The Labute approximate surface area is 132 Å². The normalized spacial score (nSPS) is 10.4. The van der Waals surface area contributed by atoms with Crippen LogP contribution < -0.4 is 10.6 Å². The molecule has 0 saturated carbocycles. The molecule has 2 aromatic heterocycles. The molecule has 0 aliphatic rings. The fraction of sp³-hybridized carbons (Fsp3) is 0.118. The minimum atomic E-state index is -0.385. The summed E-state index contributed by atoms with van der Waals surface area (Å²) in [5.74, 6) is -0.0275. The first kappa shape index (κ1) is 14.8. The van der Waals surface area contributed by atoms with E-state index in [-0.39, 0.29) is 30.6 Å². The van der Waals surface area contributed by atoms with Crippen molar-refractivity contribution in [3.8, 4) is 0 Å². The van der Waals surface area contributed by atoms with Crippen molar-refractivity contribution in [3.05, 3.63) is 66.2 Å². The van der Waals surface area contributed by atoms with Crippen LogP contribution >= 0.6 is 0 Å². The number of fused-ring (bicyclic) bond motifs is 1. The summed E-state index contributed by atoms with van der Waals surface area (Å²) in [6, 6.07) is 14.5. The summed E-state index contributed by atoms with van der Waals surface area (Å²) in [5, 5.41) is 6.16. The topological polar surface area (TPSA) is 84.2 Å². The molecule has 0 unspecified atom stereocenters. The average molecular weight is 309 g/mol. The number of benzene rings is 1. The lowest BCUT2D eigenvalue weighted by atomic mass is 10.2. The number of rotatable bonds is 5. The summed E-state index contributed by atoms with van der Waals surface area (Å²) in [7, 11) is 0. The minimum absolute atomic E-state index is 0.117. The minimum Gasteiger partial charge on any atom is -0.467 e. The van der Waals surface area contributed by atoms with Crippen LogP contribution in [0, 0.1) is 0 Å². The van der Waals surface area contributed by atoms with Crippen LogP contribution in [0.1, 0.15) is 16.2 Å². The second-order valence-corrected chi connectivity index (χ2v) is 4.93. The van der Waals surface area contributed by atoms with Gasteiger partial charge in [-0.15, -0.1) is 0 Å². The largest absolute Gasteiger partial charge is 0.467 e. The van der Waals surface area contributed by atoms with E-state index in [0.717, 1.165) is 10.9 Å². The van der Waals surface area contributed by atoms with Crippen LogP contribution in [0.4, 0.5) is 0 Å². The van der Waals surface area contributed by atoms with Crippen molar-refractivity contribution >= 4 is 22.7 Å². The van der Waals surface area contributed by atoms with Gasteiger partial charge in [0, 0.05) is 5.39 Å². The number of hydrogen-bond donors (Lipinski definition) is 2. The SMILES string of the molecule is O=C(CNC(=O)c1ccc2ccccc2n1)NCc1ccco1. The standard InChI is InChI=1S/C17H15N3O3/c21-16(18-10-13-5-3-9-23-13)11-19-17(22)15-8-7-12-4-1-2-6-14(12)20-15/h1-9H,10-11H2,(H,18,21)(H,19,22). The average Bonchev–Trinajstić information content (AvgIpc) is 3.11. The van der Waals surface area contributed by atoms with Crippen LogP contribution in [0.5, 0.6) is 0 Å². The Morgan fingerprint density at radius 2 is 1.87 bits per heavy atom. The molecule has 0 atom stereocenters. The summed E-state index contributed by atoms with van der Waals surface area (Å²) in [4.78, 5) is 28.0. The Bertz CT molecular complexity index is 828. The lowest BCUT2D eigenvalue weighted by molar-refractivity contribution is -0.120. The molecule has 3 aromatic rings. The zero-order valence-corrected chi connectivity index (χ0v) is 12.3. The molecule has 0 aliphatic carbocycles. The summed E-state index contributed by atoms with van der Waals surface area (Å²) in [5.41, 5.74) is 1.02. The van der Waals surface area contributed by atoms with E-state index in [1.807, 2.05) is 30.3 Å². The lowest BCUT2D eigenvalue weighted by Crippen LogP contribution is -2.36. The number of carbonyl (C=O) groups is 2. The first-order chi connectivity index (χ1) is 11.2. The van der Waals surface area contributed by atoms with Crippen LogP contribution in [0.3, 0.4) is 0 Å². The third kappa shape index (κ3) is 3.74. The van der Waals surface area contributed by atoms with Gasteiger partial charge >= 0.3 is 0 Å². The maximum Gasteiger partial charge on any atom is 0.270 e. The molecule has 0 bridgehead atoms. The molecule has 0 radical (unpaired) electrons. The van der Waals surface area contributed by atoms with Crippen molar-refractivity contribution in [1.82, 2.24) is 15.6 Å². The van der Waals surface area contributed by atoms with E-state index in [9.17, 15) is 9.59 Å². The maximum atomic E-state index is 12.1. The van der Waals surface area contributed by atoms with Crippen LogP contribution in [-0.2, 0) is 11.3 Å². The number of furan rings is 1. The summed E-state index contributed by atoms with van der Waals surface area (Å²) in [6.45, 7) is 0.171. The van der Waals surface area contributed by atoms with Crippen LogP contribution in [-0.4, -0.2) is 23.3 Å². The molecule has 2 N–H and O–H groups in total. The van der Waals surface area contributed by atoms with Gasteiger partial charge < -0.3 is 15.1 Å². The van der Waals surface area contributed by atoms with Gasteiger partial charge in [0.15, 0.2) is 0 Å². The molecule has 116 valence electrons. The van der Waals surface area contributed by atoms with Crippen molar-refractivity contribution in [2.24, 2.45) is 0 Å². The quantitative estimate of drug-likeness (QED) is 0.753. The molecular formula is C17H15N3O3. The second-order valence-electron chi connectivity index (χ2n) is 4.93. The molecule has 6 nitrogen and oxygen atoms in total. The van der Waals surface area contributed by atoms with Crippen LogP contribution in [0.15, 0.2) is 59.2 Å². The molecule has 2 heterocycles. The monoisotopic (exact) mass is 309 g/mol. The predicted octanol–water partition coefficient (Wildman–Crippen LogP) is 1.87. The van der Waals surface area contributed by atoms with Gasteiger partial charge in [0.2, 0.25) is 5.91 Å². The fourth-order valence-electron chi connectivity index (χ4n) is 2.10. The smallest absolute Gasteiger partial charge is 0.270 e. The number of para-hydroxylation sites is 1. The number of aromatic nitrogens is 1. The maximum absolute atomic E-state index is 12.1. The van der Waals surface area contributed by atoms with Gasteiger partial charge in [-0.1, -0.05) is 24.3 Å². The highest BCUT2D eigenvalue weighted by Gasteiger charge is 2.10. The van der Waals surface area contributed by atoms with E-state index in [4.69, 9.17) is 4.42 Å². The van der Waals surface area contributed by atoms with Gasteiger partial charge in [-0.2, -0.15) is 0 Å². The third-order valence-electron chi connectivity index (χ3n) is 3.28. The van der Waals surface area contributed by atoms with Gasteiger partial charge in [0.25, 0.3) is 5.91 Å². The number of hydrogen-bond acceptors (Lipinski definition) is 4. The van der Waals surface area contributed by atoms with E-state index >= 15 is 0 Å². The number of pyridine rings is 1. The number of carbonyl (C=O) groups excluding carboxylic acids is 2. The highest BCUT2D eigenvalue weighted by molar-refractivity contribution is 5.96. The van der Waals surface area contributed by atoms with Crippen LogP contribution in [0.2, 0.25) is 0 Å². The first-order valence-corrected chi connectivity index (χ1v) is 7.15. The van der Waals surface area contributed by atoms with Crippen LogP contribution in [0.25, 0.3) is 10.9 Å². The molecule has 0 aliphatic heterocycles. The van der Waals surface area contributed by atoms with Crippen molar-refractivity contribution in [1.29, 1.82) is 0 Å². The summed E-state index contributed by atoms with van der Waals surface area (Å²) in [6.07, 6.45) is 1.54. The number of nitrogens with zero attached hydrogens (tertiary/aromatic N) is 1. The Hall–Kier alpha value is -3.15. The summed E-state index contributed by atoms with van der Waals surface area (Å²) >= 11 is 0. The molecule has 0 fully saturated rings. The molecule has 3 rings (SSSR count). The summed E-state index contributed by atoms with van der Waals surface area (Å²) < 4.78 is 5.11. The molecule has 6 heteroatoms. The van der Waals surface area contributed by atoms with Gasteiger partial charge in [0.05, 0.1) is 24.9 Å². The van der Waals surface area contributed by atoms with Gasteiger partial charge in [0.1, 0.15) is 11.5 Å². The number of nitrogens with one attached hydrogen (secondary N) is 2. The Morgan fingerprint density at radius 1 is 1.00 bits per heavy atom. The highest BCUT2D eigenvalue weighted by Crippen LogP contribution is 2.11. The Kier molecular flexibility index (Phi) is 4.33. The van der Waals surface area contributed by atoms with Crippen molar-refractivity contribution < 1.29 is 14.0 Å². The third-order valence-corrected chi connectivity index (χ3v) is 3.28. The van der Waals surface area contributed by atoms with Crippen molar-refractivity contribution in [2.75, 3.05) is 6.54 Å². The van der Waals surface area contributed by atoms with Crippen molar-refractivity contribution in [3.63, 3.8) is 0 Å². The lowest BCUT2D eigenvalue weighted by Gasteiger charge is -2.06. The molecule has 0 saturated heterocycles. The fourth-order valence-corrected chi connectivity index (χ4v) is 2.10. The Balaban J connectivity index is 1.54. The molecule has 2 amide bonds. The zero-order valence-electron chi connectivity index (χ0n) is 12.3. The van der Waals surface area contributed by atoms with Gasteiger partial charge in [-0.05, 0) is 24.3 Å². The highest BCUT2D eigenvalue weighted by atomic mass is 16.3. The predicted molar refractivity (Wildman–Crippen MR) is 84.6 cm³/mol. The molecule has 1 aromatic carbocycles. The molecule has 23 heavy (non-hydrogen) atoms. The van der Waals surface area contributed by atoms with Crippen molar-refractivity contribution in [2.45, 2.75) is 6.54 Å². The second kappa shape index (κ2) is 6.74. The van der Waals surface area contributed by atoms with E-state index in [1.54, 1.807) is 18.2 Å². The zero-order chi connectivity index (χ0) is 16.1. The van der Waals surface area contributed by atoms with Gasteiger partial charge in [-0.25, -0.2) is 4.98 Å². The first-order valence-electron chi connectivity index (χ1n) is 7.15. The van der Waals surface area contributed by atoms with E-state index in [1.165, 1.54) is 6.26 Å². The Morgan fingerprint density at radius 3 is 2.70 bits per heavy atom. The number of amides is 2. The van der Waals surface area contributed by atoms with Gasteiger partial charge in [-0.3, -0.25) is 9.59 Å². The van der Waals surface area contributed by atoms with E-state index in [2.05, 4.69) is 15.6 Å². The van der Waals surface area contributed by atoms with E-state index < -0.39 is 0 Å².